The molecule has 11 heteroatoms. The van der Waals surface area contributed by atoms with E-state index in [9.17, 15) is 14.4 Å². The average molecular weight is 524 g/mol. The first-order valence-electron chi connectivity index (χ1n) is 10.1. The monoisotopic (exact) mass is 522 g/mol. The Labute approximate surface area is 208 Å². The number of carbonyl (C=O) groups is 3. The standard InChI is InChI=1S/C22H14Cl4N4O3/c23-8-1-9(24)3-12(2-8)30-19(31)16-15-6-11(27)7-29(15)22(17(16)20(30)32)13-4-10(25)5-14(26)18(13)28-21(22)33/h1-5,15-17,27H,6-7H2,(H,28,33). The van der Waals surface area contributed by atoms with E-state index in [0.717, 1.165) is 4.90 Å². The van der Waals surface area contributed by atoms with Crippen LogP contribution in [0.25, 0.3) is 0 Å². The molecule has 4 unspecified atom stereocenters. The molecule has 0 bridgehead atoms. The highest BCUT2D eigenvalue weighted by atomic mass is 35.5. The van der Waals surface area contributed by atoms with Crippen molar-refractivity contribution >= 4 is 81.2 Å². The van der Waals surface area contributed by atoms with Gasteiger partial charge in [-0.2, -0.15) is 0 Å². The maximum Gasteiger partial charge on any atom is 0.250 e. The molecule has 0 radical (unpaired) electrons. The lowest BCUT2D eigenvalue weighted by molar-refractivity contribution is -0.135. The van der Waals surface area contributed by atoms with E-state index in [1.807, 2.05) is 0 Å². The number of amides is 3. The van der Waals surface area contributed by atoms with Crippen LogP contribution in [0.4, 0.5) is 11.4 Å². The Morgan fingerprint density at radius 1 is 0.939 bits per heavy atom. The molecule has 0 aromatic heterocycles. The van der Waals surface area contributed by atoms with Gasteiger partial charge < -0.3 is 10.7 Å². The van der Waals surface area contributed by atoms with Gasteiger partial charge in [0.2, 0.25) is 11.8 Å². The molecule has 2 N–H and O–H groups in total. The average Bonchev–Trinajstić information content (AvgIpc) is 3.37. The Morgan fingerprint density at radius 3 is 2.30 bits per heavy atom. The zero-order chi connectivity index (χ0) is 23.4. The van der Waals surface area contributed by atoms with Gasteiger partial charge in [-0.05, 0) is 30.3 Å². The van der Waals surface area contributed by atoms with Crippen LogP contribution in [0.15, 0.2) is 30.3 Å². The van der Waals surface area contributed by atoms with E-state index < -0.39 is 41.1 Å². The lowest BCUT2D eigenvalue weighted by atomic mass is 9.75. The zero-order valence-corrected chi connectivity index (χ0v) is 19.7. The molecule has 4 aliphatic heterocycles. The number of anilines is 2. The molecule has 2 aromatic rings. The fourth-order valence-electron chi connectivity index (χ4n) is 6.00. The number of hydrogen-bond acceptors (Lipinski definition) is 5. The number of nitrogens with zero attached hydrogens (tertiary/aromatic N) is 2. The van der Waals surface area contributed by atoms with Gasteiger partial charge in [0.1, 0.15) is 5.54 Å². The van der Waals surface area contributed by atoms with E-state index in [2.05, 4.69) is 5.32 Å². The fourth-order valence-corrected chi connectivity index (χ4v) is 7.06. The van der Waals surface area contributed by atoms with Crippen LogP contribution in [0.5, 0.6) is 0 Å². The predicted octanol–water partition coefficient (Wildman–Crippen LogP) is 4.36. The third-order valence-electron chi connectivity index (χ3n) is 7.04. The van der Waals surface area contributed by atoms with Crippen molar-refractivity contribution in [2.24, 2.45) is 11.8 Å². The molecule has 3 amide bonds. The smallest absolute Gasteiger partial charge is 0.250 e. The molecule has 3 saturated heterocycles. The Kier molecular flexibility index (Phi) is 4.49. The summed E-state index contributed by atoms with van der Waals surface area (Å²) < 4.78 is 0. The van der Waals surface area contributed by atoms with Crippen molar-refractivity contribution in [1.82, 2.24) is 4.90 Å². The summed E-state index contributed by atoms with van der Waals surface area (Å²) >= 11 is 25.0. The van der Waals surface area contributed by atoms with Crippen LogP contribution in [0, 0.1) is 17.2 Å². The third kappa shape index (κ3) is 2.63. The van der Waals surface area contributed by atoms with Crippen LogP contribution in [0.2, 0.25) is 20.1 Å². The molecule has 0 aliphatic carbocycles. The van der Waals surface area contributed by atoms with Crippen molar-refractivity contribution in [2.45, 2.75) is 18.0 Å². The summed E-state index contributed by atoms with van der Waals surface area (Å²) in [6.45, 7) is 0.165. The summed E-state index contributed by atoms with van der Waals surface area (Å²) in [5, 5.41) is 12.2. The summed E-state index contributed by atoms with van der Waals surface area (Å²) in [4.78, 5) is 44.1. The summed E-state index contributed by atoms with van der Waals surface area (Å²) in [5.74, 6) is -3.27. The second-order valence-corrected chi connectivity index (χ2v) is 10.4. The summed E-state index contributed by atoms with van der Waals surface area (Å²) in [6.07, 6.45) is 0.281. The van der Waals surface area contributed by atoms with E-state index in [1.165, 1.54) is 24.3 Å². The summed E-state index contributed by atoms with van der Waals surface area (Å²) in [6, 6.07) is 7.11. The first-order valence-corrected chi connectivity index (χ1v) is 11.6. The molecule has 2 aromatic carbocycles. The Balaban J connectivity index is 1.59. The van der Waals surface area contributed by atoms with Gasteiger partial charge in [0.25, 0.3) is 5.91 Å². The quantitative estimate of drug-likeness (QED) is 0.543. The molecule has 0 saturated carbocycles. The van der Waals surface area contributed by atoms with Crippen LogP contribution < -0.4 is 10.2 Å². The molecule has 1 spiro atoms. The largest absolute Gasteiger partial charge is 0.323 e. The van der Waals surface area contributed by atoms with Crippen LogP contribution in [0.3, 0.4) is 0 Å². The van der Waals surface area contributed by atoms with Gasteiger partial charge in [0.15, 0.2) is 0 Å². The van der Waals surface area contributed by atoms with Gasteiger partial charge in [-0.1, -0.05) is 46.4 Å². The number of rotatable bonds is 1. The molecule has 168 valence electrons. The maximum atomic E-state index is 13.9. The molecular formula is C22H14Cl4N4O3. The van der Waals surface area contributed by atoms with Crippen LogP contribution in [-0.4, -0.2) is 40.9 Å². The van der Waals surface area contributed by atoms with Crippen molar-refractivity contribution in [1.29, 1.82) is 5.41 Å². The molecule has 4 heterocycles. The molecule has 7 nitrogen and oxygen atoms in total. The van der Waals surface area contributed by atoms with E-state index in [4.69, 9.17) is 51.8 Å². The highest BCUT2D eigenvalue weighted by Gasteiger charge is 2.75. The van der Waals surface area contributed by atoms with Gasteiger partial charge in [-0.3, -0.25) is 19.3 Å². The highest BCUT2D eigenvalue weighted by Crippen LogP contribution is 2.61. The third-order valence-corrected chi connectivity index (χ3v) is 7.99. The molecule has 6 rings (SSSR count). The second-order valence-electron chi connectivity index (χ2n) is 8.68. The first-order chi connectivity index (χ1) is 15.6. The molecular weight excluding hydrogens is 510 g/mol. The van der Waals surface area contributed by atoms with Crippen LogP contribution in [-0.2, 0) is 19.9 Å². The Bertz CT molecular complexity index is 1310. The molecule has 3 fully saturated rings. The number of imide groups is 1. The zero-order valence-electron chi connectivity index (χ0n) is 16.7. The summed E-state index contributed by atoms with van der Waals surface area (Å²) in [7, 11) is 0. The Hall–Kier alpha value is -2.16. The van der Waals surface area contributed by atoms with Crippen molar-refractivity contribution in [3.8, 4) is 0 Å². The van der Waals surface area contributed by atoms with Gasteiger partial charge in [-0.25, -0.2) is 4.90 Å². The maximum absolute atomic E-state index is 13.9. The Morgan fingerprint density at radius 2 is 1.61 bits per heavy atom. The molecule has 4 aliphatic rings. The number of benzene rings is 2. The van der Waals surface area contributed by atoms with Gasteiger partial charge >= 0.3 is 0 Å². The minimum Gasteiger partial charge on any atom is -0.323 e. The van der Waals surface area contributed by atoms with Gasteiger partial charge in [-0.15, -0.1) is 0 Å². The number of nitrogens with one attached hydrogen (secondary N) is 2. The molecule has 4 atom stereocenters. The van der Waals surface area contributed by atoms with E-state index in [0.29, 0.717) is 22.0 Å². The van der Waals surface area contributed by atoms with Gasteiger partial charge in [0, 0.05) is 45.4 Å². The minimum absolute atomic E-state index is 0.165. The first kappa shape index (κ1) is 21.4. The topological polar surface area (TPSA) is 93.6 Å². The fraction of sp³-hybridized carbons (Fsp3) is 0.273. The van der Waals surface area contributed by atoms with Crippen molar-refractivity contribution < 1.29 is 14.4 Å². The SMILES string of the molecule is N=C1CC2C3C(=O)N(c4cc(Cl)cc(Cl)c4)C(=O)C3C3(C(=O)Nc4c(Cl)cc(Cl)cc43)N2C1. The van der Waals surface area contributed by atoms with Crippen LogP contribution in [0.1, 0.15) is 12.0 Å². The number of carbonyl (C=O) groups excluding carboxylic acids is 3. The van der Waals surface area contributed by atoms with E-state index in [-0.39, 0.29) is 33.7 Å². The van der Waals surface area contributed by atoms with E-state index in [1.54, 1.807) is 11.0 Å². The lowest BCUT2D eigenvalue weighted by Gasteiger charge is -2.36. The predicted molar refractivity (Wildman–Crippen MR) is 126 cm³/mol. The number of halogens is 4. The normalized spacial score (nSPS) is 30.3. The number of fused-ring (bicyclic) bond motifs is 7. The van der Waals surface area contributed by atoms with Crippen molar-refractivity contribution in [3.05, 3.63) is 56.0 Å². The number of hydrogen-bond donors (Lipinski definition) is 2. The second kappa shape index (κ2) is 6.93. The summed E-state index contributed by atoms with van der Waals surface area (Å²) in [5.41, 5.74) is -0.0601. The van der Waals surface area contributed by atoms with E-state index >= 15 is 0 Å². The molecule has 33 heavy (non-hydrogen) atoms. The highest BCUT2D eigenvalue weighted by molar-refractivity contribution is 6.38. The van der Waals surface area contributed by atoms with Crippen molar-refractivity contribution in [2.75, 3.05) is 16.8 Å². The van der Waals surface area contributed by atoms with Gasteiger partial charge in [0.05, 0.1) is 28.2 Å². The van der Waals surface area contributed by atoms with Crippen LogP contribution >= 0.6 is 46.4 Å². The lowest BCUT2D eigenvalue weighted by Crippen LogP contribution is -2.54. The van der Waals surface area contributed by atoms with Crippen molar-refractivity contribution in [3.63, 3.8) is 0 Å². The minimum atomic E-state index is -1.51.